The summed E-state index contributed by atoms with van der Waals surface area (Å²) < 4.78 is 3.87. The van der Waals surface area contributed by atoms with Gasteiger partial charge in [0.25, 0.3) is 0 Å². The van der Waals surface area contributed by atoms with E-state index in [-0.39, 0.29) is 11.9 Å². The number of carbonyl (C=O) groups is 1. The van der Waals surface area contributed by atoms with Gasteiger partial charge < -0.3 is 9.88 Å². The first-order valence-corrected chi connectivity index (χ1v) is 8.61. The maximum absolute atomic E-state index is 12.3. The molecule has 7 heteroatoms. The van der Waals surface area contributed by atoms with Gasteiger partial charge in [-0.3, -0.25) is 9.48 Å². The third-order valence-corrected chi connectivity index (χ3v) is 4.10. The van der Waals surface area contributed by atoms with Crippen molar-refractivity contribution in [1.82, 2.24) is 29.6 Å². The van der Waals surface area contributed by atoms with Gasteiger partial charge in [0.2, 0.25) is 5.91 Å². The Morgan fingerprint density at radius 1 is 1.24 bits per heavy atom. The SMILES string of the molecule is CC(Cn1cncn1)NC(=O)CCn1c(C(C)C)nc2ccccc21. The number of hydrogen-bond donors (Lipinski definition) is 1. The highest BCUT2D eigenvalue weighted by Crippen LogP contribution is 2.22. The largest absolute Gasteiger partial charge is 0.352 e. The number of aromatic nitrogens is 5. The first-order valence-electron chi connectivity index (χ1n) is 8.61. The van der Waals surface area contributed by atoms with Crippen molar-refractivity contribution >= 4 is 16.9 Å². The Morgan fingerprint density at radius 3 is 2.76 bits per heavy atom. The van der Waals surface area contributed by atoms with E-state index in [1.54, 1.807) is 11.0 Å². The fourth-order valence-electron chi connectivity index (χ4n) is 2.98. The Kier molecular flexibility index (Phi) is 5.11. The van der Waals surface area contributed by atoms with E-state index in [0.29, 0.717) is 25.4 Å². The summed E-state index contributed by atoms with van der Waals surface area (Å²) in [5.74, 6) is 1.35. The van der Waals surface area contributed by atoms with E-state index >= 15 is 0 Å². The van der Waals surface area contributed by atoms with Crippen LogP contribution in [0.5, 0.6) is 0 Å². The fourth-order valence-corrected chi connectivity index (χ4v) is 2.98. The second-order valence-electron chi connectivity index (χ2n) is 6.60. The minimum atomic E-state index is -0.00157. The molecule has 0 fully saturated rings. The van der Waals surface area contributed by atoms with Crippen molar-refractivity contribution in [3.05, 3.63) is 42.7 Å². The predicted octanol–water partition coefficient (Wildman–Crippen LogP) is 2.35. The number of nitrogens with one attached hydrogen (secondary N) is 1. The van der Waals surface area contributed by atoms with Gasteiger partial charge in [-0.25, -0.2) is 9.97 Å². The van der Waals surface area contributed by atoms with E-state index < -0.39 is 0 Å². The van der Waals surface area contributed by atoms with E-state index in [4.69, 9.17) is 4.98 Å². The van der Waals surface area contributed by atoms with Crippen LogP contribution in [0.4, 0.5) is 0 Å². The number of rotatable bonds is 7. The quantitative estimate of drug-likeness (QED) is 0.716. The van der Waals surface area contributed by atoms with Crippen molar-refractivity contribution in [2.24, 2.45) is 0 Å². The predicted molar refractivity (Wildman–Crippen MR) is 96.1 cm³/mol. The number of imidazole rings is 1. The van der Waals surface area contributed by atoms with Crippen LogP contribution in [0.2, 0.25) is 0 Å². The molecule has 0 aliphatic carbocycles. The molecular weight excluding hydrogens is 316 g/mol. The number of benzene rings is 1. The van der Waals surface area contributed by atoms with Crippen LogP contribution in [-0.2, 0) is 17.9 Å². The molecule has 25 heavy (non-hydrogen) atoms. The van der Waals surface area contributed by atoms with Gasteiger partial charge in [0.1, 0.15) is 18.5 Å². The lowest BCUT2D eigenvalue weighted by atomic mass is 10.2. The molecule has 1 amide bonds. The second-order valence-corrected chi connectivity index (χ2v) is 6.60. The molecule has 0 saturated heterocycles. The van der Waals surface area contributed by atoms with Crippen molar-refractivity contribution in [2.45, 2.75) is 52.2 Å². The van der Waals surface area contributed by atoms with Crippen molar-refractivity contribution in [3.8, 4) is 0 Å². The van der Waals surface area contributed by atoms with E-state index in [0.717, 1.165) is 16.9 Å². The fraction of sp³-hybridized carbons (Fsp3) is 0.444. The molecule has 0 radical (unpaired) electrons. The van der Waals surface area contributed by atoms with Gasteiger partial charge in [0, 0.05) is 24.9 Å². The minimum Gasteiger partial charge on any atom is -0.352 e. The van der Waals surface area contributed by atoms with E-state index in [2.05, 4.69) is 39.9 Å². The zero-order valence-electron chi connectivity index (χ0n) is 14.9. The standard InChI is InChI=1S/C18H24N6O/c1-13(2)18-22-15-6-4-5-7-16(15)24(18)9-8-17(25)21-14(3)10-23-12-19-11-20-23/h4-7,11-14H,8-10H2,1-3H3,(H,21,25). The number of aryl methyl sites for hydroxylation is 1. The number of nitrogens with zero attached hydrogens (tertiary/aromatic N) is 5. The third kappa shape index (κ3) is 4.04. The molecule has 2 heterocycles. The van der Waals surface area contributed by atoms with Crippen LogP contribution in [0.25, 0.3) is 11.0 Å². The average molecular weight is 340 g/mol. The van der Waals surface area contributed by atoms with E-state index in [1.807, 2.05) is 25.1 Å². The van der Waals surface area contributed by atoms with Crippen molar-refractivity contribution in [1.29, 1.82) is 0 Å². The van der Waals surface area contributed by atoms with E-state index in [9.17, 15) is 4.79 Å². The van der Waals surface area contributed by atoms with Crippen LogP contribution >= 0.6 is 0 Å². The first kappa shape index (κ1) is 17.1. The number of para-hydroxylation sites is 2. The average Bonchev–Trinajstić information content (AvgIpc) is 3.20. The van der Waals surface area contributed by atoms with Gasteiger partial charge in [0.15, 0.2) is 0 Å². The molecule has 0 aliphatic heterocycles. The first-order chi connectivity index (χ1) is 12.0. The molecule has 0 bridgehead atoms. The summed E-state index contributed by atoms with van der Waals surface area (Å²) in [5.41, 5.74) is 2.06. The minimum absolute atomic E-state index is 0.00157. The monoisotopic (exact) mass is 340 g/mol. The highest BCUT2D eigenvalue weighted by Gasteiger charge is 2.15. The molecule has 1 N–H and O–H groups in total. The van der Waals surface area contributed by atoms with Crippen LogP contribution in [0.3, 0.4) is 0 Å². The van der Waals surface area contributed by atoms with Crippen molar-refractivity contribution in [2.75, 3.05) is 0 Å². The van der Waals surface area contributed by atoms with Crippen LogP contribution < -0.4 is 5.32 Å². The lowest BCUT2D eigenvalue weighted by molar-refractivity contribution is -0.122. The van der Waals surface area contributed by atoms with E-state index in [1.165, 1.54) is 6.33 Å². The summed E-state index contributed by atoms with van der Waals surface area (Å²) in [6.45, 7) is 7.44. The molecule has 0 saturated carbocycles. The van der Waals surface area contributed by atoms with Gasteiger partial charge in [-0.05, 0) is 19.1 Å². The molecule has 7 nitrogen and oxygen atoms in total. The molecule has 0 aliphatic rings. The molecule has 3 aromatic rings. The van der Waals surface area contributed by atoms with Gasteiger partial charge in [-0.15, -0.1) is 0 Å². The lowest BCUT2D eigenvalue weighted by Crippen LogP contribution is -2.36. The number of hydrogen-bond acceptors (Lipinski definition) is 4. The normalized spacial score (nSPS) is 12.6. The Morgan fingerprint density at radius 2 is 2.04 bits per heavy atom. The van der Waals surface area contributed by atoms with Gasteiger partial charge >= 0.3 is 0 Å². The summed E-state index contributed by atoms with van der Waals surface area (Å²) in [5, 5.41) is 7.07. The van der Waals surface area contributed by atoms with Crippen molar-refractivity contribution < 1.29 is 4.79 Å². The Hall–Kier alpha value is -2.70. The van der Waals surface area contributed by atoms with Gasteiger partial charge in [0.05, 0.1) is 17.6 Å². The number of fused-ring (bicyclic) bond motifs is 1. The highest BCUT2D eigenvalue weighted by molar-refractivity contribution is 5.78. The third-order valence-electron chi connectivity index (χ3n) is 4.10. The Balaban J connectivity index is 1.63. The smallest absolute Gasteiger partial charge is 0.222 e. The lowest BCUT2D eigenvalue weighted by Gasteiger charge is -2.15. The molecule has 1 aromatic carbocycles. The summed E-state index contributed by atoms with van der Waals surface area (Å²) in [7, 11) is 0. The molecule has 132 valence electrons. The summed E-state index contributed by atoms with van der Waals surface area (Å²) >= 11 is 0. The van der Waals surface area contributed by atoms with Gasteiger partial charge in [-0.1, -0.05) is 26.0 Å². The summed E-state index contributed by atoms with van der Waals surface area (Å²) in [6, 6.07) is 8.06. The molecule has 1 unspecified atom stereocenters. The highest BCUT2D eigenvalue weighted by atomic mass is 16.1. The van der Waals surface area contributed by atoms with Crippen LogP contribution in [0.1, 0.15) is 38.9 Å². The molecular formula is C18H24N6O. The zero-order chi connectivity index (χ0) is 17.8. The Labute approximate surface area is 147 Å². The molecule has 3 rings (SSSR count). The number of amides is 1. The maximum atomic E-state index is 12.3. The van der Waals surface area contributed by atoms with Gasteiger partial charge in [-0.2, -0.15) is 5.10 Å². The molecule has 2 aromatic heterocycles. The van der Waals surface area contributed by atoms with Crippen molar-refractivity contribution in [3.63, 3.8) is 0 Å². The second kappa shape index (κ2) is 7.46. The Bertz CT molecular complexity index is 837. The maximum Gasteiger partial charge on any atom is 0.222 e. The molecule has 1 atom stereocenters. The molecule has 0 spiro atoms. The topological polar surface area (TPSA) is 77.6 Å². The van der Waals surface area contributed by atoms with Crippen LogP contribution in [0, 0.1) is 0 Å². The number of carbonyl (C=O) groups excluding carboxylic acids is 1. The zero-order valence-corrected chi connectivity index (χ0v) is 14.9. The summed E-state index contributed by atoms with van der Waals surface area (Å²) in [4.78, 5) is 20.9. The van der Waals surface area contributed by atoms with Crippen LogP contribution in [0.15, 0.2) is 36.9 Å². The van der Waals surface area contributed by atoms with Crippen LogP contribution in [-0.4, -0.2) is 36.3 Å². The summed E-state index contributed by atoms with van der Waals surface area (Å²) in [6.07, 6.45) is 3.56.